The first-order valence-electron chi connectivity index (χ1n) is 7.99. The number of rotatable bonds is 3. The molecule has 0 aromatic rings. The molecule has 0 aromatic heterocycles. The Labute approximate surface area is 113 Å². The van der Waals surface area contributed by atoms with Gasteiger partial charge in [0.2, 0.25) is 0 Å². The summed E-state index contributed by atoms with van der Waals surface area (Å²) in [4.78, 5) is 2.77. The molecule has 1 saturated heterocycles. The standard InChI is InChI=1S/C16H32N2/c1-4-14-7-5-6-8-16(14,13-17)18-11-9-15(2,3)10-12-18/h14H,4-13,17H2,1-3H3. The molecule has 0 aromatic carbocycles. The Morgan fingerprint density at radius 2 is 1.78 bits per heavy atom. The molecule has 18 heavy (non-hydrogen) atoms. The van der Waals surface area contributed by atoms with Gasteiger partial charge in [0.05, 0.1) is 0 Å². The van der Waals surface area contributed by atoms with Gasteiger partial charge in [-0.05, 0) is 50.1 Å². The number of nitrogens with two attached hydrogens (primary N) is 1. The van der Waals surface area contributed by atoms with E-state index in [-0.39, 0.29) is 0 Å². The Bertz CT molecular complexity index is 264. The summed E-state index contributed by atoms with van der Waals surface area (Å²) in [6.07, 6.45) is 9.51. The van der Waals surface area contributed by atoms with Crippen molar-refractivity contribution >= 4 is 0 Å². The van der Waals surface area contributed by atoms with Crippen molar-refractivity contribution in [1.29, 1.82) is 0 Å². The molecule has 0 spiro atoms. The zero-order valence-corrected chi connectivity index (χ0v) is 12.7. The second kappa shape index (κ2) is 5.50. The van der Waals surface area contributed by atoms with E-state index in [0.717, 1.165) is 12.5 Å². The smallest absolute Gasteiger partial charge is 0.0359 e. The Morgan fingerprint density at radius 3 is 2.33 bits per heavy atom. The average Bonchev–Trinajstić information content (AvgIpc) is 2.38. The summed E-state index contributed by atoms with van der Waals surface area (Å²) in [5.74, 6) is 0.831. The summed E-state index contributed by atoms with van der Waals surface area (Å²) in [5.41, 5.74) is 7.14. The van der Waals surface area contributed by atoms with Gasteiger partial charge in [-0.3, -0.25) is 4.90 Å². The number of nitrogens with zero attached hydrogens (tertiary/aromatic N) is 1. The zero-order chi connectivity index (χ0) is 13.2. The lowest BCUT2D eigenvalue weighted by atomic mass is 9.68. The summed E-state index contributed by atoms with van der Waals surface area (Å²) in [6, 6.07) is 0. The van der Waals surface area contributed by atoms with Crippen LogP contribution in [-0.2, 0) is 0 Å². The molecule has 2 N–H and O–H groups in total. The van der Waals surface area contributed by atoms with Crippen LogP contribution < -0.4 is 5.73 Å². The third-order valence-electron chi connectivity index (χ3n) is 5.77. The van der Waals surface area contributed by atoms with Gasteiger partial charge < -0.3 is 5.73 Å². The van der Waals surface area contributed by atoms with Gasteiger partial charge in [-0.25, -0.2) is 0 Å². The lowest BCUT2D eigenvalue weighted by Crippen LogP contribution is -2.62. The number of likely N-dealkylation sites (tertiary alicyclic amines) is 1. The van der Waals surface area contributed by atoms with Crippen molar-refractivity contribution in [3.63, 3.8) is 0 Å². The topological polar surface area (TPSA) is 29.3 Å². The van der Waals surface area contributed by atoms with E-state index < -0.39 is 0 Å². The van der Waals surface area contributed by atoms with Gasteiger partial charge in [-0.1, -0.05) is 40.0 Å². The first kappa shape index (κ1) is 14.3. The highest BCUT2D eigenvalue weighted by atomic mass is 15.2. The van der Waals surface area contributed by atoms with Crippen molar-refractivity contribution in [1.82, 2.24) is 4.90 Å². The van der Waals surface area contributed by atoms with Crippen molar-refractivity contribution in [3.8, 4) is 0 Å². The van der Waals surface area contributed by atoms with Crippen molar-refractivity contribution in [2.75, 3.05) is 19.6 Å². The van der Waals surface area contributed by atoms with Gasteiger partial charge in [0.25, 0.3) is 0 Å². The van der Waals surface area contributed by atoms with Gasteiger partial charge in [-0.2, -0.15) is 0 Å². The molecule has 1 heterocycles. The molecule has 2 fully saturated rings. The lowest BCUT2D eigenvalue weighted by molar-refractivity contribution is -0.0293. The monoisotopic (exact) mass is 252 g/mol. The number of hydrogen-bond donors (Lipinski definition) is 1. The summed E-state index contributed by atoms with van der Waals surface area (Å²) < 4.78 is 0. The van der Waals surface area contributed by atoms with Gasteiger partial charge in [0.1, 0.15) is 0 Å². The van der Waals surface area contributed by atoms with E-state index in [1.807, 2.05) is 0 Å². The Kier molecular flexibility index (Phi) is 4.38. The Hall–Kier alpha value is -0.0800. The van der Waals surface area contributed by atoms with E-state index in [1.54, 1.807) is 0 Å². The zero-order valence-electron chi connectivity index (χ0n) is 12.7. The molecule has 106 valence electrons. The third kappa shape index (κ3) is 2.60. The summed E-state index contributed by atoms with van der Waals surface area (Å²) in [6.45, 7) is 10.6. The van der Waals surface area contributed by atoms with Crippen LogP contribution in [0.5, 0.6) is 0 Å². The molecule has 2 heteroatoms. The molecular weight excluding hydrogens is 220 g/mol. The van der Waals surface area contributed by atoms with E-state index in [4.69, 9.17) is 5.73 Å². The summed E-state index contributed by atoms with van der Waals surface area (Å²) >= 11 is 0. The van der Waals surface area contributed by atoms with E-state index in [1.165, 1.54) is 58.0 Å². The highest BCUT2D eigenvalue weighted by Gasteiger charge is 2.45. The number of hydrogen-bond acceptors (Lipinski definition) is 2. The third-order valence-corrected chi connectivity index (χ3v) is 5.77. The van der Waals surface area contributed by atoms with E-state index in [0.29, 0.717) is 11.0 Å². The minimum atomic E-state index is 0.337. The van der Waals surface area contributed by atoms with Crippen LogP contribution in [0.1, 0.15) is 65.7 Å². The fraction of sp³-hybridized carbons (Fsp3) is 1.00. The summed E-state index contributed by atoms with van der Waals surface area (Å²) in [7, 11) is 0. The van der Waals surface area contributed by atoms with Crippen LogP contribution in [-0.4, -0.2) is 30.1 Å². The molecule has 1 aliphatic heterocycles. The predicted molar refractivity (Wildman–Crippen MR) is 78.6 cm³/mol. The SMILES string of the molecule is CCC1CCCCC1(CN)N1CCC(C)(C)CC1. The normalized spacial score (nSPS) is 37.7. The van der Waals surface area contributed by atoms with Crippen molar-refractivity contribution < 1.29 is 0 Å². The second-order valence-corrected chi connectivity index (χ2v) is 7.31. The van der Waals surface area contributed by atoms with E-state index in [2.05, 4.69) is 25.7 Å². The van der Waals surface area contributed by atoms with Gasteiger partial charge >= 0.3 is 0 Å². The average molecular weight is 252 g/mol. The molecule has 2 aliphatic rings. The van der Waals surface area contributed by atoms with Crippen LogP contribution in [0.2, 0.25) is 0 Å². The van der Waals surface area contributed by atoms with E-state index in [9.17, 15) is 0 Å². The van der Waals surface area contributed by atoms with Crippen LogP contribution in [0, 0.1) is 11.3 Å². The second-order valence-electron chi connectivity index (χ2n) is 7.31. The molecule has 1 saturated carbocycles. The van der Waals surface area contributed by atoms with Crippen LogP contribution >= 0.6 is 0 Å². The number of piperidine rings is 1. The molecule has 2 unspecified atom stereocenters. The molecule has 2 nitrogen and oxygen atoms in total. The Morgan fingerprint density at radius 1 is 1.11 bits per heavy atom. The maximum Gasteiger partial charge on any atom is 0.0359 e. The highest BCUT2D eigenvalue weighted by molar-refractivity contribution is 5.01. The maximum atomic E-state index is 6.26. The quantitative estimate of drug-likeness (QED) is 0.834. The van der Waals surface area contributed by atoms with Crippen LogP contribution in [0.4, 0.5) is 0 Å². The molecule has 2 rings (SSSR count). The predicted octanol–water partition coefficient (Wildman–Crippen LogP) is 3.41. The molecular formula is C16H32N2. The molecule has 0 amide bonds. The molecule has 0 bridgehead atoms. The lowest BCUT2D eigenvalue weighted by Gasteiger charge is -2.54. The minimum Gasteiger partial charge on any atom is -0.329 e. The van der Waals surface area contributed by atoms with E-state index >= 15 is 0 Å². The van der Waals surface area contributed by atoms with Gasteiger partial charge in [0.15, 0.2) is 0 Å². The maximum absolute atomic E-state index is 6.26. The fourth-order valence-electron chi connectivity index (χ4n) is 4.25. The highest BCUT2D eigenvalue weighted by Crippen LogP contribution is 2.43. The van der Waals surface area contributed by atoms with Gasteiger partial charge in [0, 0.05) is 12.1 Å². The molecule has 0 radical (unpaired) electrons. The van der Waals surface area contributed by atoms with Crippen molar-refractivity contribution in [2.24, 2.45) is 17.1 Å². The minimum absolute atomic E-state index is 0.337. The largest absolute Gasteiger partial charge is 0.329 e. The first-order valence-corrected chi connectivity index (χ1v) is 7.99. The van der Waals surface area contributed by atoms with Gasteiger partial charge in [-0.15, -0.1) is 0 Å². The van der Waals surface area contributed by atoms with Crippen LogP contribution in [0.15, 0.2) is 0 Å². The van der Waals surface area contributed by atoms with Crippen molar-refractivity contribution in [2.45, 2.75) is 71.3 Å². The molecule has 2 atom stereocenters. The van der Waals surface area contributed by atoms with Crippen LogP contribution in [0.25, 0.3) is 0 Å². The summed E-state index contributed by atoms with van der Waals surface area (Å²) in [5, 5.41) is 0. The molecule has 1 aliphatic carbocycles. The van der Waals surface area contributed by atoms with Crippen LogP contribution in [0.3, 0.4) is 0 Å². The van der Waals surface area contributed by atoms with Crippen molar-refractivity contribution in [3.05, 3.63) is 0 Å². The first-order chi connectivity index (χ1) is 8.54. The fourth-order valence-corrected chi connectivity index (χ4v) is 4.25. The Balaban J connectivity index is 2.11.